The summed E-state index contributed by atoms with van der Waals surface area (Å²) in [4.78, 5) is 27.0. The molecule has 1 heterocycles. The molecule has 20 heavy (non-hydrogen) atoms. The molecule has 110 valence electrons. The van der Waals surface area contributed by atoms with Crippen LogP contribution in [0.5, 0.6) is 0 Å². The van der Waals surface area contributed by atoms with Crippen molar-refractivity contribution in [1.82, 2.24) is 14.6 Å². The van der Waals surface area contributed by atoms with E-state index in [1.165, 1.54) is 4.90 Å². The van der Waals surface area contributed by atoms with Gasteiger partial charge in [-0.3, -0.25) is 4.79 Å². The van der Waals surface area contributed by atoms with Crippen molar-refractivity contribution in [2.24, 2.45) is 0 Å². The van der Waals surface area contributed by atoms with Gasteiger partial charge in [0.15, 0.2) is 5.03 Å². The fourth-order valence-corrected chi connectivity index (χ4v) is 2.11. The Kier molecular flexibility index (Phi) is 5.17. The fraction of sp³-hybridized carbons (Fsp3) is 0.364. The number of nitrogens with one attached hydrogen (secondary N) is 1. The Morgan fingerprint density at radius 1 is 1.40 bits per heavy atom. The molecule has 0 aliphatic rings. The summed E-state index contributed by atoms with van der Waals surface area (Å²) < 4.78 is 25.8. The maximum absolute atomic E-state index is 11.8. The molecule has 1 rings (SSSR count). The second-order valence-electron chi connectivity index (χ2n) is 3.92. The maximum atomic E-state index is 11.8. The molecular formula is C11H15N3O5S. The number of pyridine rings is 1. The maximum Gasteiger partial charge on any atom is 0.337 e. The van der Waals surface area contributed by atoms with Gasteiger partial charge in [0.2, 0.25) is 5.91 Å². The number of hydrogen-bond acceptors (Lipinski definition) is 5. The van der Waals surface area contributed by atoms with Crippen molar-refractivity contribution in [2.45, 2.75) is 11.9 Å². The number of rotatable bonds is 6. The third-order valence-corrected chi connectivity index (χ3v) is 3.89. The summed E-state index contributed by atoms with van der Waals surface area (Å²) in [7, 11) is -2.39. The lowest BCUT2D eigenvalue weighted by Crippen LogP contribution is -2.38. The summed E-state index contributed by atoms with van der Waals surface area (Å²) in [6, 6.07) is 2.20. The van der Waals surface area contributed by atoms with Crippen LogP contribution in [0, 0.1) is 0 Å². The van der Waals surface area contributed by atoms with Crippen LogP contribution in [0.25, 0.3) is 0 Å². The zero-order chi connectivity index (χ0) is 15.3. The van der Waals surface area contributed by atoms with Crippen molar-refractivity contribution in [3.63, 3.8) is 0 Å². The largest absolute Gasteiger partial charge is 0.478 e. The van der Waals surface area contributed by atoms with Crippen LogP contribution in [0.15, 0.2) is 23.4 Å². The van der Waals surface area contributed by atoms with Gasteiger partial charge in [-0.15, -0.1) is 0 Å². The van der Waals surface area contributed by atoms with Crippen LogP contribution in [-0.2, 0) is 14.8 Å². The molecule has 8 nitrogen and oxygen atoms in total. The van der Waals surface area contributed by atoms with Gasteiger partial charge in [0.1, 0.15) is 0 Å². The van der Waals surface area contributed by atoms with E-state index < -0.39 is 16.0 Å². The molecule has 0 fully saturated rings. The number of aromatic nitrogens is 1. The number of amides is 1. The number of carboxylic acid groups (broad SMARTS) is 1. The Bertz CT molecular complexity index is 597. The van der Waals surface area contributed by atoms with E-state index in [2.05, 4.69) is 9.71 Å². The van der Waals surface area contributed by atoms with E-state index in [9.17, 15) is 18.0 Å². The first-order valence-corrected chi connectivity index (χ1v) is 7.19. The number of carboxylic acids is 1. The molecule has 0 aliphatic heterocycles. The van der Waals surface area contributed by atoms with Gasteiger partial charge in [0.05, 0.1) is 12.1 Å². The quantitative estimate of drug-likeness (QED) is 0.734. The predicted octanol–water partition coefficient (Wildman–Crippen LogP) is -0.464. The molecule has 0 bridgehead atoms. The molecule has 1 amide bonds. The first-order valence-electron chi connectivity index (χ1n) is 5.71. The lowest BCUT2D eigenvalue weighted by molar-refractivity contribution is -0.128. The third-order valence-electron chi connectivity index (χ3n) is 2.57. The molecule has 0 unspecified atom stereocenters. The van der Waals surface area contributed by atoms with E-state index in [1.807, 2.05) is 0 Å². The van der Waals surface area contributed by atoms with Gasteiger partial charge >= 0.3 is 5.97 Å². The van der Waals surface area contributed by atoms with Gasteiger partial charge in [0, 0.05) is 19.8 Å². The number of likely N-dealkylation sites (N-methyl/N-ethyl adjacent to an activating group) is 1. The van der Waals surface area contributed by atoms with E-state index in [1.54, 1.807) is 14.0 Å². The van der Waals surface area contributed by atoms with Gasteiger partial charge in [-0.05, 0) is 19.1 Å². The van der Waals surface area contributed by atoms with Crippen molar-refractivity contribution in [2.75, 3.05) is 20.1 Å². The van der Waals surface area contributed by atoms with Crippen LogP contribution in [-0.4, -0.2) is 55.4 Å². The molecule has 0 atom stereocenters. The summed E-state index contributed by atoms with van der Waals surface area (Å²) in [5, 5.41) is 8.35. The van der Waals surface area contributed by atoms with Gasteiger partial charge in [-0.25, -0.2) is 22.9 Å². The van der Waals surface area contributed by atoms with E-state index >= 15 is 0 Å². The summed E-state index contributed by atoms with van der Waals surface area (Å²) >= 11 is 0. The molecule has 2 N–H and O–H groups in total. The second kappa shape index (κ2) is 6.44. The first kappa shape index (κ1) is 16.1. The van der Waals surface area contributed by atoms with Gasteiger partial charge in [0.25, 0.3) is 10.0 Å². The van der Waals surface area contributed by atoms with E-state index in [-0.39, 0.29) is 23.0 Å². The summed E-state index contributed by atoms with van der Waals surface area (Å²) in [6.07, 6.45) is 0.941. The Morgan fingerprint density at radius 2 is 2.05 bits per heavy atom. The van der Waals surface area contributed by atoms with Crippen LogP contribution in [0.4, 0.5) is 0 Å². The molecule has 0 spiro atoms. The molecule has 0 aliphatic carbocycles. The highest BCUT2D eigenvalue weighted by atomic mass is 32.2. The second-order valence-corrected chi connectivity index (χ2v) is 5.64. The number of carbonyl (C=O) groups is 2. The smallest absolute Gasteiger partial charge is 0.337 e. The van der Waals surface area contributed by atoms with Crippen LogP contribution < -0.4 is 4.72 Å². The third kappa shape index (κ3) is 4.00. The van der Waals surface area contributed by atoms with Crippen molar-refractivity contribution in [1.29, 1.82) is 0 Å². The van der Waals surface area contributed by atoms with E-state index in [4.69, 9.17) is 5.11 Å². The zero-order valence-electron chi connectivity index (χ0n) is 11.0. The van der Waals surface area contributed by atoms with Crippen molar-refractivity contribution >= 4 is 21.9 Å². The van der Waals surface area contributed by atoms with Gasteiger partial charge in [-0.1, -0.05) is 0 Å². The highest BCUT2D eigenvalue weighted by molar-refractivity contribution is 7.89. The molecular weight excluding hydrogens is 286 g/mol. The Balaban J connectivity index is 2.79. The SMILES string of the molecule is CCN(C)C(=O)CNS(=O)(=O)c1ccc(C(=O)O)cn1. The Labute approximate surface area is 116 Å². The molecule has 0 saturated carbocycles. The number of hydrogen-bond donors (Lipinski definition) is 2. The fourth-order valence-electron chi connectivity index (χ4n) is 1.21. The number of sulfonamides is 1. The van der Waals surface area contributed by atoms with E-state index in [0.29, 0.717) is 6.54 Å². The Hall–Kier alpha value is -2.00. The minimum atomic E-state index is -3.94. The summed E-state index contributed by atoms with van der Waals surface area (Å²) in [6.45, 7) is 1.85. The predicted molar refractivity (Wildman–Crippen MR) is 69.7 cm³/mol. The molecule has 0 radical (unpaired) electrons. The number of aromatic carboxylic acids is 1. The first-order chi connectivity index (χ1) is 9.27. The summed E-state index contributed by atoms with van der Waals surface area (Å²) in [5.74, 6) is -1.58. The molecule has 1 aromatic heterocycles. The lowest BCUT2D eigenvalue weighted by Gasteiger charge is -2.14. The van der Waals surface area contributed by atoms with Crippen LogP contribution in [0.3, 0.4) is 0 Å². The average molecular weight is 301 g/mol. The molecule has 9 heteroatoms. The lowest BCUT2D eigenvalue weighted by atomic mass is 10.3. The topological polar surface area (TPSA) is 117 Å². The van der Waals surface area contributed by atoms with Crippen molar-refractivity contribution in [3.05, 3.63) is 23.9 Å². The van der Waals surface area contributed by atoms with Gasteiger partial charge in [-0.2, -0.15) is 0 Å². The van der Waals surface area contributed by atoms with Crippen molar-refractivity contribution in [3.8, 4) is 0 Å². The Morgan fingerprint density at radius 3 is 2.50 bits per heavy atom. The van der Waals surface area contributed by atoms with Gasteiger partial charge < -0.3 is 10.0 Å². The molecule has 1 aromatic rings. The minimum absolute atomic E-state index is 0.120. The monoisotopic (exact) mass is 301 g/mol. The highest BCUT2D eigenvalue weighted by Crippen LogP contribution is 2.06. The average Bonchev–Trinajstić information content (AvgIpc) is 2.44. The molecule has 0 aromatic carbocycles. The standard InChI is InChI=1S/C11H15N3O5S/c1-3-14(2)10(15)7-13-20(18,19)9-5-4-8(6-12-9)11(16)17/h4-6,13H,3,7H2,1-2H3,(H,16,17). The van der Waals surface area contributed by atoms with Crippen molar-refractivity contribution < 1.29 is 23.1 Å². The normalized spacial score (nSPS) is 11.1. The summed E-state index contributed by atoms with van der Waals surface area (Å²) in [5.41, 5.74) is -0.120. The number of nitrogens with zero attached hydrogens (tertiary/aromatic N) is 2. The van der Waals surface area contributed by atoms with E-state index in [0.717, 1.165) is 18.3 Å². The molecule has 0 saturated heterocycles. The van der Waals surface area contributed by atoms with Crippen LogP contribution in [0.1, 0.15) is 17.3 Å². The van der Waals surface area contributed by atoms with Crippen LogP contribution >= 0.6 is 0 Å². The highest BCUT2D eigenvalue weighted by Gasteiger charge is 2.18. The minimum Gasteiger partial charge on any atom is -0.478 e. The van der Waals surface area contributed by atoms with Crippen LogP contribution in [0.2, 0.25) is 0 Å². The zero-order valence-corrected chi connectivity index (χ0v) is 11.8. The number of carbonyl (C=O) groups excluding carboxylic acids is 1.